The maximum absolute atomic E-state index is 9.33. The summed E-state index contributed by atoms with van der Waals surface area (Å²) in [5.41, 5.74) is 2.20. The molecule has 0 aliphatic carbocycles. The highest BCUT2D eigenvalue weighted by Crippen LogP contribution is 2.25. The van der Waals surface area contributed by atoms with E-state index in [9.17, 15) is 5.11 Å². The molecule has 0 bridgehead atoms. The topological polar surface area (TPSA) is 96.5 Å². The van der Waals surface area contributed by atoms with Crippen LogP contribution in [0.4, 0.5) is 11.6 Å². The lowest BCUT2D eigenvalue weighted by atomic mass is 10.1. The number of aromatic nitrogens is 2. The minimum atomic E-state index is -0.333. The maximum Gasteiger partial charge on any atom is 0.145 e. The zero-order valence-corrected chi connectivity index (χ0v) is 11.6. The first-order chi connectivity index (χ1) is 8.93. The molecule has 19 heavy (non-hydrogen) atoms. The van der Waals surface area contributed by atoms with E-state index in [1.54, 1.807) is 6.07 Å². The summed E-state index contributed by atoms with van der Waals surface area (Å²) in [5, 5.41) is 9.33. The van der Waals surface area contributed by atoms with Crippen molar-refractivity contribution in [1.29, 1.82) is 0 Å². The highest BCUT2D eigenvalue weighted by Gasteiger charge is 2.33. The van der Waals surface area contributed by atoms with Crippen LogP contribution in [0.1, 0.15) is 19.7 Å². The van der Waals surface area contributed by atoms with Gasteiger partial charge in [-0.15, -0.1) is 0 Å². The van der Waals surface area contributed by atoms with Gasteiger partial charge in [-0.25, -0.2) is 15.8 Å². The van der Waals surface area contributed by atoms with Gasteiger partial charge in [0.25, 0.3) is 0 Å². The Balaban J connectivity index is 2.27. The third-order valence-corrected chi connectivity index (χ3v) is 2.98. The van der Waals surface area contributed by atoms with E-state index in [-0.39, 0.29) is 18.3 Å². The van der Waals surface area contributed by atoms with E-state index in [1.807, 2.05) is 20.8 Å². The van der Waals surface area contributed by atoms with Gasteiger partial charge in [-0.1, -0.05) is 0 Å². The molecule has 4 N–H and O–H groups in total. The molecule has 0 spiro atoms. The van der Waals surface area contributed by atoms with Crippen molar-refractivity contribution in [3.05, 3.63) is 11.9 Å². The Morgan fingerprint density at radius 2 is 2.32 bits per heavy atom. The molecule has 1 atom stereocenters. The predicted octanol–water partition coefficient (Wildman–Crippen LogP) is 0.0467. The van der Waals surface area contributed by atoms with E-state index in [0.717, 1.165) is 5.82 Å². The fraction of sp³-hybridized carbons (Fsp3) is 0.667. The molecule has 2 heterocycles. The SMILES string of the molecule is Cc1nc(NN)cc(N2CC(CO)OC(C)(C)C2)n1. The Morgan fingerprint density at radius 3 is 2.95 bits per heavy atom. The van der Waals surface area contributed by atoms with E-state index >= 15 is 0 Å². The number of nitrogen functional groups attached to an aromatic ring is 1. The number of morpholine rings is 1. The first kappa shape index (κ1) is 14.0. The molecule has 1 saturated heterocycles. The van der Waals surface area contributed by atoms with Crippen LogP contribution in [0.25, 0.3) is 0 Å². The van der Waals surface area contributed by atoms with Crippen molar-refractivity contribution in [2.75, 3.05) is 30.0 Å². The van der Waals surface area contributed by atoms with Crippen LogP contribution in [0, 0.1) is 6.92 Å². The first-order valence-electron chi connectivity index (χ1n) is 6.29. The fourth-order valence-electron chi connectivity index (χ4n) is 2.35. The molecular weight excluding hydrogens is 246 g/mol. The molecule has 106 valence electrons. The van der Waals surface area contributed by atoms with Gasteiger partial charge in [-0.2, -0.15) is 0 Å². The number of aryl methyl sites for hydroxylation is 1. The molecule has 0 saturated carbocycles. The molecular formula is C12H21N5O2. The lowest BCUT2D eigenvalue weighted by Gasteiger charge is -2.42. The van der Waals surface area contributed by atoms with Crippen LogP contribution in [0.15, 0.2) is 6.07 Å². The highest BCUT2D eigenvalue weighted by molar-refractivity contribution is 5.49. The monoisotopic (exact) mass is 267 g/mol. The number of nitrogens with zero attached hydrogens (tertiary/aromatic N) is 3. The minimum Gasteiger partial charge on any atom is -0.394 e. The van der Waals surface area contributed by atoms with Crippen LogP contribution in [-0.4, -0.2) is 46.5 Å². The van der Waals surface area contributed by atoms with E-state index in [4.69, 9.17) is 10.6 Å². The number of rotatable bonds is 3. The van der Waals surface area contributed by atoms with Crippen LogP contribution in [0.3, 0.4) is 0 Å². The zero-order chi connectivity index (χ0) is 14.0. The van der Waals surface area contributed by atoms with Crippen molar-refractivity contribution in [2.45, 2.75) is 32.5 Å². The second-order valence-corrected chi connectivity index (χ2v) is 5.37. The Kier molecular flexibility index (Phi) is 3.88. The van der Waals surface area contributed by atoms with Crippen molar-refractivity contribution in [2.24, 2.45) is 5.84 Å². The average Bonchev–Trinajstić information content (AvgIpc) is 2.36. The molecule has 0 aromatic carbocycles. The second-order valence-electron chi connectivity index (χ2n) is 5.37. The summed E-state index contributed by atoms with van der Waals surface area (Å²) in [6.07, 6.45) is -0.215. The van der Waals surface area contributed by atoms with Crippen LogP contribution in [0.5, 0.6) is 0 Å². The average molecular weight is 267 g/mol. The van der Waals surface area contributed by atoms with Crippen molar-refractivity contribution in [1.82, 2.24) is 9.97 Å². The number of hydrazine groups is 1. The largest absolute Gasteiger partial charge is 0.394 e. The van der Waals surface area contributed by atoms with Gasteiger partial charge in [0, 0.05) is 19.2 Å². The smallest absolute Gasteiger partial charge is 0.145 e. The number of aliphatic hydroxyl groups is 1. The van der Waals surface area contributed by atoms with Crippen LogP contribution in [0.2, 0.25) is 0 Å². The number of aliphatic hydroxyl groups excluding tert-OH is 1. The summed E-state index contributed by atoms with van der Waals surface area (Å²) in [7, 11) is 0. The first-order valence-corrected chi connectivity index (χ1v) is 6.29. The Labute approximate surface area is 112 Å². The van der Waals surface area contributed by atoms with Crippen LogP contribution < -0.4 is 16.2 Å². The molecule has 1 aromatic rings. The summed E-state index contributed by atoms with van der Waals surface area (Å²) in [4.78, 5) is 10.7. The van der Waals surface area contributed by atoms with Crippen molar-refractivity contribution in [3.8, 4) is 0 Å². The van der Waals surface area contributed by atoms with Gasteiger partial charge in [0.15, 0.2) is 0 Å². The standard InChI is InChI=1S/C12H21N5O2/c1-8-14-10(16-13)4-11(15-8)17-5-9(6-18)19-12(2,3)7-17/h4,9,18H,5-7,13H2,1-3H3,(H,14,15,16). The highest BCUT2D eigenvalue weighted by atomic mass is 16.5. The number of ether oxygens (including phenoxy) is 1. The van der Waals surface area contributed by atoms with Gasteiger partial charge in [0.2, 0.25) is 0 Å². The van der Waals surface area contributed by atoms with Crippen molar-refractivity contribution >= 4 is 11.6 Å². The second kappa shape index (κ2) is 5.28. The molecule has 7 heteroatoms. The molecule has 1 fully saturated rings. The van der Waals surface area contributed by atoms with Gasteiger partial charge < -0.3 is 20.2 Å². The maximum atomic E-state index is 9.33. The summed E-state index contributed by atoms with van der Waals surface area (Å²) in [5.74, 6) is 7.41. The Bertz CT molecular complexity index is 452. The Hall–Kier alpha value is -1.44. The lowest BCUT2D eigenvalue weighted by molar-refractivity contribution is -0.101. The van der Waals surface area contributed by atoms with Crippen molar-refractivity contribution in [3.63, 3.8) is 0 Å². The summed E-state index contributed by atoms with van der Waals surface area (Å²) >= 11 is 0. The number of hydrogen-bond donors (Lipinski definition) is 3. The molecule has 1 aliphatic rings. The molecule has 2 rings (SSSR count). The summed E-state index contributed by atoms with van der Waals surface area (Å²) < 4.78 is 5.79. The number of anilines is 2. The van der Waals surface area contributed by atoms with Gasteiger partial charge in [-0.3, -0.25) is 0 Å². The molecule has 1 aromatic heterocycles. The fourth-order valence-corrected chi connectivity index (χ4v) is 2.35. The van der Waals surface area contributed by atoms with Gasteiger partial charge in [0.1, 0.15) is 17.5 Å². The summed E-state index contributed by atoms with van der Waals surface area (Å²) in [6, 6.07) is 1.79. The molecule has 1 aliphatic heterocycles. The Morgan fingerprint density at radius 1 is 1.58 bits per heavy atom. The van der Waals surface area contributed by atoms with Crippen LogP contribution >= 0.6 is 0 Å². The van der Waals surface area contributed by atoms with Crippen molar-refractivity contribution < 1.29 is 9.84 Å². The molecule has 0 radical (unpaired) electrons. The van der Waals surface area contributed by atoms with Gasteiger partial charge >= 0.3 is 0 Å². The predicted molar refractivity (Wildman–Crippen MR) is 72.8 cm³/mol. The lowest BCUT2D eigenvalue weighted by Crippen LogP contribution is -2.54. The van der Waals surface area contributed by atoms with E-state index in [0.29, 0.717) is 24.7 Å². The van der Waals surface area contributed by atoms with E-state index in [1.165, 1.54) is 0 Å². The third kappa shape index (κ3) is 3.31. The van der Waals surface area contributed by atoms with Gasteiger partial charge in [0.05, 0.1) is 18.3 Å². The molecule has 1 unspecified atom stereocenters. The molecule has 7 nitrogen and oxygen atoms in total. The zero-order valence-electron chi connectivity index (χ0n) is 11.6. The quantitative estimate of drug-likeness (QED) is 0.526. The molecule has 0 amide bonds. The van der Waals surface area contributed by atoms with Gasteiger partial charge in [-0.05, 0) is 20.8 Å². The minimum absolute atomic E-state index is 0.00794. The number of hydrogen-bond acceptors (Lipinski definition) is 7. The van der Waals surface area contributed by atoms with Crippen LogP contribution in [-0.2, 0) is 4.74 Å². The number of nitrogens with one attached hydrogen (secondary N) is 1. The van der Waals surface area contributed by atoms with E-state index < -0.39 is 0 Å². The van der Waals surface area contributed by atoms with E-state index in [2.05, 4.69) is 20.3 Å². The number of nitrogens with two attached hydrogens (primary N) is 1. The summed E-state index contributed by atoms with van der Waals surface area (Å²) in [6.45, 7) is 7.10. The normalized spacial score (nSPS) is 22.4. The third-order valence-electron chi connectivity index (χ3n) is 2.98.